The van der Waals surface area contributed by atoms with Crippen LogP contribution in [0, 0.1) is 13.8 Å². The lowest BCUT2D eigenvalue weighted by molar-refractivity contribution is 1.07. The van der Waals surface area contributed by atoms with Crippen molar-refractivity contribution in [2.75, 3.05) is 0 Å². The fraction of sp³-hybridized carbons (Fsp3) is 0.0339. The third-order valence-corrected chi connectivity index (χ3v) is 13.0. The summed E-state index contributed by atoms with van der Waals surface area (Å²) in [5, 5.41) is 7.28. The van der Waals surface area contributed by atoms with Gasteiger partial charge in [0, 0.05) is 66.1 Å². The minimum atomic E-state index is 0.624. The Morgan fingerprint density at radius 1 is 0.292 bits per heavy atom. The van der Waals surface area contributed by atoms with Gasteiger partial charge < -0.3 is 13.7 Å². The number of nitrogens with zero attached hydrogens (tertiary/aromatic N) is 6. The molecule has 0 fully saturated rings. The van der Waals surface area contributed by atoms with Crippen molar-refractivity contribution in [3.05, 3.63) is 217 Å². The van der Waals surface area contributed by atoms with Gasteiger partial charge in [0.05, 0.1) is 33.1 Å². The van der Waals surface area contributed by atoms with Crippen LogP contribution in [0.5, 0.6) is 0 Å². The van der Waals surface area contributed by atoms with Crippen molar-refractivity contribution in [2.24, 2.45) is 0 Å². The average Bonchev–Trinajstić information content (AvgIpc) is 4.01. The molecule has 0 spiro atoms. The maximum absolute atomic E-state index is 5.07. The number of rotatable bonds is 6. The summed E-state index contributed by atoms with van der Waals surface area (Å²) in [7, 11) is 0. The largest absolute Gasteiger partial charge is 0.308 e. The summed E-state index contributed by atoms with van der Waals surface area (Å²) in [6.45, 7) is 4.33. The summed E-state index contributed by atoms with van der Waals surface area (Å²) >= 11 is 0. The Morgan fingerprint density at radius 3 is 1.09 bits per heavy atom. The Bertz CT molecular complexity index is 3930. The van der Waals surface area contributed by atoms with E-state index in [2.05, 4.69) is 173 Å². The van der Waals surface area contributed by atoms with E-state index >= 15 is 0 Å². The van der Waals surface area contributed by atoms with E-state index in [1.165, 1.54) is 60.0 Å². The lowest BCUT2D eigenvalue weighted by atomic mass is 10.0. The molecule has 6 nitrogen and oxygen atoms in total. The van der Waals surface area contributed by atoms with Crippen molar-refractivity contribution >= 4 is 65.4 Å². The molecule has 0 aliphatic rings. The molecule has 0 unspecified atom stereocenters. The maximum atomic E-state index is 5.07. The van der Waals surface area contributed by atoms with Crippen molar-refractivity contribution in [3.63, 3.8) is 0 Å². The average molecular weight is 833 g/mol. The van der Waals surface area contributed by atoms with Gasteiger partial charge in [0.1, 0.15) is 0 Å². The van der Waals surface area contributed by atoms with E-state index in [4.69, 9.17) is 15.0 Å². The van der Waals surface area contributed by atoms with E-state index in [-0.39, 0.29) is 0 Å². The molecule has 0 aliphatic carbocycles. The summed E-state index contributed by atoms with van der Waals surface area (Å²) in [6, 6.07) is 73.7. The third-order valence-electron chi connectivity index (χ3n) is 13.0. The molecule has 6 heteroatoms. The Balaban J connectivity index is 1.16. The topological polar surface area (TPSA) is 53.5 Å². The number of para-hydroxylation sites is 3. The molecule has 4 aromatic heterocycles. The van der Waals surface area contributed by atoms with Gasteiger partial charge in [-0.25, -0.2) is 15.0 Å². The van der Waals surface area contributed by atoms with Crippen LogP contribution >= 0.6 is 0 Å². The van der Waals surface area contributed by atoms with Crippen molar-refractivity contribution in [1.82, 2.24) is 28.7 Å². The Hall–Kier alpha value is -8.61. The molecule has 0 saturated carbocycles. The number of aryl methyl sites for hydroxylation is 2. The van der Waals surface area contributed by atoms with Crippen LogP contribution in [0.2, 0.25) is 0 Å². The summed E-state index contributed by atoms with van der Waals surface area (Å²) in [6.07, 6.45) is 0. The Labute approximate surface area is 375 Å². The number of hydrogen-bond donors (Lipinski definition) is 0. The van der Waals surface area contributed by atoms with Crippen LogP contribution in [-0.4, -0.2) is 28.7 Å². The number of hydrogen-bond acceptors (Lipinski definition) is 3. The molecular weight excluding hydrogens is 793 g/mol. The molecule has 0 atom stereocenters. The zero-order valence-corrected chi connectivity index (χ0v) is 35.8. The van der Waals surface area contributed by atoms with Crippen LogP contribution in [-0.2, 0) is 0 Å². The molecule has 9 aromatic carbocycles. The SMILES string of the molecule is Cc1ccc(-n2c3ccccc3c3c2c2c4ccccc4n(-c4cccc(C)c4)c2c2c4ccccc4n(-c4ccc(-c5nc(-c6ccccc6)nc(-c6ccccc6)n5)cc4)c32)cc1. The van der Waals surface area contributed by atoms with Crippen molar-refractivity contribution in [2.45, 2.75) is 13.8 Å². The second-order valence-electron chi connectivity index (χ2n) is 17.0. The Kier molecular flexibility index (Phi) is 8.24. The van der Waals surface area contributed by atoms with E-state index < -0.39 is 0 Å². The standard InChI is InChI=1S/C59H40N6/c1-37-28-32-42(33-29-37)63-48-25-12-9-22-45(48)51-54(63)53-47-24-11-14-27-50(47)65(44-21-15-16-38(2)36-44)56(53)52-46-23-10-13-26-49(46)64(55(51)52)43-34-30-41(31-35-43)59-61-57(39-17-5-3-6-18-39)60-58(62-59)40-19-7-4-8-20-40/h3-36H,1-2H3. The summed E-state index contributed by atoms with van der Waals surface area (Å²) in [4.78, 5) is 15.1. The molecule has 0 radical (unpaired) electrons. The maximum Gasteiger partial charge on any atom is 0.164 e. The zero-order chi connectivity index (χ0) is 43.2. The Morgan fingerprint density at radius 2 is 0.662 bits per heavy atom. The molecule has 13 aromatic rings. The first-order valence-electron chi connectivity index (χ1n) is 22.1. The smallest absolute Gasteiger partial charge is 0.164 e. The van der Waals surface area contributed by atoms with Crippen molar-refractivity contribution in [3.8, 4) is 51.2 Å². The van der Waals surface area contributed by atoms with Gasteiger partial charge in [0.25, 0.3) is 0 Å². The van der Waals surface area contributed by atoms with Gasteiger partial charge >= 0.3 is 0 Å². The summed E-state index contributed by atoms with van der Waals surface area (Å²) in [5.74, 6) is 1.90. The van der Waals surface area contributed by atoms with Crippen molar-refractivity contribution < 1.29 is 0 Å². The molecule has 0 bridgehead atoms. The van der Waals surface area contributed by atoms with Gasteiger partial charge in [0.2, 0.25) is 0 Å². The van der Waals surface area contributed by atoms with E-state index in [9.17, 15) is 0 Å². The number of aromatic nitrogens is 6. The normalized spacial score (nSPS) is 11.8. The molecule has 0 saturated heterocycles. The summed E-state index contributed by atoms with van der Waals surface area (Å²) < 4.78 is 7.49. The van der Waals surface area contributed by atoms with Gasteiger partial charge in [-0.05, 0) is 86.1 Å². The predicted molar refractivity (Wildman–Crippen MR) is 269 cm³/mol. The van der Waals surface area contributed by atoms with Gasteiger partial charge in [-0.1, -0.05) is 145 Å². The minimum Gasteiger partial charge on any atom is -0.308 e. The summed E-state index contributed by atoms with van der Waals surface area (Å²) in [5.41, 5.74) is 15.6. The highest BCUT2D eigenvalue weighted by atomic mass is 15.1. The van der Waals surface area contributed by atoms with E-state index in [0.29, 0.717) is 17.5 Å². The molecule has 0 amide bonds. The number of benzene rings is 9. The van der Waals surface area contributed by atoms with Gasteiger partial charge in [-0.3, -0.25) is 0 Å². The third kappa shape index (κ3) is 5.70. The first-order valence-corrected chi connectivity index (χ1v) is 22.1. The van der Waals surface area contributed by atoms with E-state index in [1.807, 2.05) is 60.7 Å². The molecule has 4 heterocycles. The van der Waals surface area contributed by atoms with E-state index in [0.717, 1.165) is 50.3 Å². The van der Waals surface area contributed by atoms with Crippen LogP contribution in [0.25, 0.3) is 117 Å². The van der Waals surface area contributed by atoms with Crippen LogP contribution in [0.15, 0.2) is 206 Å². The first-order chi connectivity index (χ1) is 32.1. The highest BCUT2D eigenvalue weighted by Crippen LogP contribution is 2.50. The molecule has 13 rings (SSSR count). The lowest BCUT2D eigenvalue weighted by Gasteiger charge is -2.14. The van der Waals surface area contributed by atoms with Crippen LogP contribution in [0.3, 0.4) is 0 Å². The van der Waals surface area contributed by atoms with Gasteiger partial charge in [-0.2, -0.15) is 0 Å². The highest BCUT2D eigenvalue weighted by Gasteiger charge is 2.29. The van der Waals surface area contributed by atoms with Crippen molar-refractivity contribution in [1.29, 1.82) is 0 Å². The quantitative estimate of drug-likeness (QED) is 0.168. The fourth-order valence-corrected chi connectivity index (χ4v) is 10.1. The molecular formula is C59H40N6. The predicted octanol–water partition coefficient (Wildman–Crippen LogP) is 14.8. The molecule has 0 aliphatic heterocycles. The molecule has 306 valence electrons. The fourth-order valence-electron chi connectivity index (χ4n) is 10.1. The second kappa shape index (κ2) is 14.5. The second-order valence-corrected chi connectivity index (χ2v) is 17.0. The molecule has 0 N–H and O–H groups in total. The minimum absolute atomic E-state index is 0.624. The van der Waals surface area contributed by atoms with Crippen LogP contribution < -0.4 is 0 Å². The lowest BCUT2D eigenvalue weighted by Crippen LogP contribution is -2.00. The highest BCUT2D eigenvalue weighted by molar-refractivity contribution is 6.40. The van der Waals surface area contributed by atoms with Gasteiger partial charge in [-0.15, -0.1) is 0 Å². The number of fused-ring (bicyclic) bond motifs is 12. The first kappa shape index (κ1) is 37.0. The van der Waals surface area contributed by atoms with Gasteiger partial charge in [0.15, 0.2) is 17.5 Å². The van der Waals surface area contributed by atoms with E-state index in [1.54, 1.807) is 0 Å². The zero-order valence-electron chi connectivity index (χ0n) is 35.8. The van der Waals surface area contributed by atoms with Crippen LogP contribution in [0.1, 0.15) is 11.1 Å². The van der Waals surface area contributed by atoms with Crippen LogP contribution in [0.4, 0.5) is 0 Å². The monoisotopic (exact) mass is 832 g/mol. The molecule has 65 heavy (non-hydrogen) atoms.